The van der Waals surface area contributed by atoms with Crippen LogP contribution in [0.4, 0.5) is 0 Å². The Labute approximate surface area is 219 Å². The maximum Gasteiger partial charge on any atom is 0.243 e. The molecule has 0 radical (unpaired) electrons. The van der Waals surface area contributed by atoms with E-state index in [1.165, 1.54) is 8.61 Å². The molecule has 2 aliphatic heterocycles. The standard InChI is InChI=1S/C26H35N3O6S2/c1-3-35-25-11-10-24(18-20(25)2)37(33,34)29-16-12-22(13-17-29)26(30)27-19-21-6-8-23(9-7-21)36(31,32)28-14-4-5-15-28/h6-11,18,22H,3-5,12-17,19H2,1-2H3,(H,27,30). The molecule has 9 nitrogen and oxygen atoms in total. The highest BCUT2D eigenvalue weighted by Gasteiger charge is 2.32. The van der Waals surface area contributed by atoms with E-state index in [0.717, 1.165) is 24.0 Å². The summed E-state index contributed by atoms with van der Waals surface area (Å²) in [6.07, 6.45) is 2.65. The molecule has 2 aromatic carbocycles. The van der Waals surface area contributed by atoms with E-state index >= 15 is 0 Å². The van der Waals surface area contributed by atoms with E-state index in [-0.39, 0.29) is 41.3 Å². The van der Waals surface area contributed by atoms with Gasteiger partial charge in [-0.2, -0.15) is 8.61 Å². The first-order chi connectivity index (χ1) is 17.6. The maximum absolute atomic E-state index is 13.1. The van der Waals surface area contributed by atoms with E-state index in [2.05, 4.69) is 5.32 Å². The summed E-state index contributed by atoms with van der Waals surface area (Å²) < 4.78 is 60.0. The number of rotatable bonds is 9. The first kappa shape index (κ1) is 27.6. The van der Waals surface area contributed by atoms with Crippen LogP contribution in [0.2, 0.25) is 0 Å². The van der Waals surface area contributed by atoms with Crippen LogP contribution in [-0.2, 0) is 31.4 Å². The Morgan fingerprint density at radius 3 is 2.05 bits per heavy atom. The minimum Gasteiger partial charge on any atom is -0.494 e. The number of carbonyl (C=O) groups excluding carboxylic acids is 1. The van der Waals surface area contributed by atoms with Crippen LogP contribution in [0, 0.1) is 12.8 Å². The molecule has 2 aliphatic rings. The third-order valence-corrected chi connectivity index (χ3v) is 10.8. The van der Waals surface area contributed by atoms with Crippen molar-refractivity contribution in [3.63, 3.8) is 0 Å². The lowest BCUT2D eigenvalue weighted by Crippen LogP contribution is -2.42. The molecule has 4 rings (SSSR count). The highest BCUT2D eigenvalue weighted by molar-refractivity contribution is 7.89. The molecule has 2 heterocycles. The number of benzene rings is 2. The molecule has 1 amide bonds. The second-order valence-electron chi connectivity index (χ2n) is 9.51. The molecule has 0 atom stereocenters. The van der Waals surface area contributed by atoms with Gasteiger partial charge in [0.05, 0.1) is 16.4 Å². The van der Waals surface area contributed by atoms with Gasteiger partial charge < -0.3 is 10.1 Å². The lowest BCUT2D eigenvalue weighted by atomic mass is 9.97. The third-order valence-electron chi connectivity index (χ3n) is 7.00. The molecule has 0 bridgehead atoms. The monoisotopic (exact) mass is 549 g/mol. The zero-order valence-corrected chi connectivity index (χ0v) is 23.0. The van der Waals surface area contributed by atoms with Crippen LogP contribution in [-0.4, -0.2) is 64.1 Å². The van der Waals surface area contributed by atoms with Gasteiger partial charge in [0.1, 0.15) is 5.75 Å². The summed E-state index contributed by atoms with van der Waals surface area (Å²) in [6.45, 7) is 6.15. The molecule has 0 unspecified atom stereocenters. The maximum atomic E-state index is 13.1. The van der Waals surface area contributed by atoms with E-state index in [1.54, 1.807) is 42.5 Å². The van der Waals surface area contributed by atoms with Crippen LogP contribution in [0.5, 0.6) is 5.75 Å². The van der Waals surface area contributed by atoms with Gasteiger partial charge in [-0.05, 0) is 81.0 Å². The minimum atomic E-state index is -3.65. The van der Waals surface area contributed by atoms with Crippen molar-refractivity contribution in [1.82, 2.24) is 13.9 Å². The van der Waals surface area contributed by atoms with Crippen molar-refractivity contribution in [3.8, 4) is 5.75 Å². The van der Waals surface area contributed by atoms with Crippen LogP contribution in [0.15, 0.2) is 52.3 Å². The average molecular weight is 550 g/mol. The van der Waals surface area contributed by atoms with Crippen molar-refractivity contribution >= 4 is 26.0 Å². The second-order valence-corrected chi connectivity index (χ2v) is 13.4. The van der Waals surface area contributed by atoms with Crippen molar-refractivity contribution in [2.24, 2.45) is 5.92 Å². The topological polar surface area (TPSA) is 113 Å². The van der Waals surface area contributed by atoms with E-state index < -0.39 is 20.0 Å². The van der Waals surface area contributed by atoms with Gasteiger partial charge in [-0.15, -0.1) is 0 Å². The van der Waals surface area contributed by atoms with Crippen molar-refractivity contribution in [3.05, 3.63) is 53.6 Å². The van der Waals surface area contributed by atoms with Crippen LogP contribution in [0.3, 0.4) is 0 Å². The summed E-state index contributed by atoms with van der Waals surface area (Å²) in [7, 11) is -7.11. The molecule has 202 valence electrons. The van der Waals surface area contributed by atoms with Gasteiger partial charge in [-0.1, -0.05) is 12.1 Å². The molecule has 11 heteroatoms. The molecular weight excluding hydrogens is 514 g/mol. The Morgan fingerprint density at radius 1 is 0.892 bits per heavy atom. The third kappa shape index (κ3) is 6.17. The Morgan fingerprint density at radius 2 is 1.46 bits per heavy atom. The van der Waals surface area contributed by atoms with Gasteiger partial charge in [-0.3, -0.25) is 4.79 Å². The number of carbonyl (C=O) groups is 1. The Balaban J connectivity index is 1.29. The van der Waals surface area contributed by atoms with Crippen LogP contribution >= 0.6 is 0 Å². The number of ether oxygens (including phenoxy) is 1. The molecule has 2 saturated heterocycles. The SMILES string of the molecule is CCOc1ccc(S(=O)(=O)N2CCC(C(=O)NCc3ccc(S(=O)(=O)N4CCCC4)cc3)CC2)cc1C. The van der Waals surface area contributed by atoms with Gasteiger partial charge >= 0.3 is 0 Å². The summed E-state index contributed by atoms with van der Waals surface area (Å²) in [6, 6.07) is 11.5. The van der Waals surface area contributed by atoms with Gasteiger partial charge in [0, 0.05) is 38.6 Å². The molecule has 0 saturated carbocycles. The predicted octanol–water partition coefficient (Wildman–Crippen LogP) is 2.90. The summed E-state index contributed by atoms with van der Waals surface area (Å²) in [4.78, 5) is 13.2. The summed E-state index contributed by atoms with van der Waals surface area (Å²) in [5.41, 5.74) is 1.57. The second kappa shape index (κ2) is 11.5. The fourth-order valence-corrected chi connectivity index (χ4v) is 7.87. The number of nitrogens with one attached hydrogen (secondary N) is 1. The minimum absolute atomic E-state index is 0.122. The number of hydrogen-bond donors (Lipinski definition) is 1. The summed E-state index contributed by atoms with van der Waals surface area (Å²) in [5.74, 6) is 0.269. The van der Waals surface area contributed by atoms with E-state index in [0.29, 0.717) is 38.3 Å². The molecule has 0 aromatic heterocycles. The molecule has 2 aromatic rings. The zero-order valence-electron chi connectivity index (χ0n) is 21.4. The van der Waals surface area contributed by atoms with Gasteiger partial charge in [-0.25, -0.2) is 16.8 Å². The number of hydrogen-bond acceptors (Lipinski definition) is 6. The zero-order chi connectivity index (χ0) is 26.6. The number of sulfonamides is 2. The van der Waals surface area contributed by atoms with E-state index in [1.807, 2.05) is 13.8 Å². The average Bonchev–Trinajstić information content (AvgIpc) is 3.45. The molecule has 37 heavy (non-hydrogen) atoms. The Bertz CT molecular complexity index is 1310. The normalized spacial score (nSPS) is 18.1. The van der Waals surface area contributed by atoms with Gasteiger partial charge in [0.2, 0.25) is 26.0 Å². The van der Waals surface area contributed by atoms with Crippen LogP contribution in [0.1, 0.15) is 43.7 Å². The number of piperidine rings is 1. The quantitative estimate of drug-likeness (QED) is 0.515. The first-order valence-electron chi connectivity index (χ1n) is 12.7. The van der Waals surface area contributed by atoms with Crippen molar-refractivity contribution < 1.29 is 26.4 Å². The summed E-state index contributed by atoms with van der Waals surface area (Å²) >= 11 is 0. The predicted molar refractivity (Wildman–Crippen MR) is 140 cm³/mol. The lowest BCUT2D eigenvalue weighted by Gasteiger charge is -2.30. The number of aryl methyl sites for hydroxylation is 1. The molecule has 0 spiro atoms. The largest absolute Gasteiger partial charge is 0.494 e. The van der Waals surface area contributed by atoms with Gasteiger partial charge in [0.15, 0.2) is 0 Å². The highest BCUT2D eigenvalue weighted by Crippen LogP contribution is 2.28. The number of amides is 1. The van der Waals surface area contributed by atoms with E-state index in [9.17, 15) is 21.6 Å². The molecular formula is C26H35N3O6S2. The fraction of sp³-hybridized carbons (Fsp3) is 0.500. The Hall–Kier alpha value is -2.47. The lowest BCUT2D eigenvalue weighted by molar-refractivity contribution is -0.126. The first-order valence-corrected chi connectivity index (χ1v) is 15.6. The molecule has 1 N–H and O–H groups in total. The molecule has 0 aliphatic carbocycles. The van der Waals surface area contributed by atoms with Gasteiger partial charge in [0.25, 0.3) is 0 Å². The fourth-order valence-electron chi connectivity index (χ4n) is 4.80. The summed E-state index contributed by atoms with van der Waals surface area (Å²) in [5, 5.41) is 2.91. The molecule has 2 fully saturated rings. The number of nitrogens with zero attached hydrogens (tertiary/aromatic N) is 2. The smallest absolute Gasteiger partial charge is 0.243 e. The van der Waals surface area contributed by atoms with E-state index in [4.69, 9.17) is 4.74 Å². The van der Waals surface area contributed by atoms with Crippen molar-refractivity contribution in [1.29, 1.82) is 0 Å². The van der Waals surface area contributed by atoms with Crippen molar-refractivity contribution in [2.45, 2.75) is 55.9 Å². The van der Waals surface area contributed by atoms with Crippen LogP contribution < -0.4 is 10.1 Å². The van der Waals surface area contributed by atoms with Crippen LogP contribution in [0.25, 0.3) is 0 Å². The van der Waals surface area contributed by atoms with Crippen molar-refractivity contribution in [2.75, 3.05) is 32.8 Å². The Kier molecular flexibility index (Phi) is 8.57. The highest BCUT2D eigenvalue weighted by atomic mass is 32.2.